The maximum Gasteiger partial charge on any atom is 0.319 e. The van der Waals surface area contributed by atoms with Gasteiger partial charge in [-0.3, -0.25) is 0 Å². The Balaban J connectivity index is 1.19. The minimum atomic E-state index is -0.232. The van der Waals surface area contributed by atoms with E-state index in [0.717, 1.165) is 19.3 Å². The van der Waals surface area contributed by atoms with Crippen LogP contribution in [0.5, 0.6) is 5.75 Å². The largest absolute Gasteiger partial charge is 0.485 e. The average molecular weight is 378 g/mol. The Hall–Kier alpha value is -3.35. The Labute approximate surface area is 163 Å². The van der Waals surface area contributed by atoms with Crippen LogP contribution in [0.3, 0.4) is 0 Å². The number of urea groups is 1. The van der Waals surface area contributed by atoms with Crippen molar-refractivity contribution in [3.05, 3.63) is 71.9 Å². The molecule has 2 amide bonds. The zero-order valence-corrected chi connectivity index (χ0v) is 15.4. The Kier molecular flexibility index (Phi) is 5.51. The second-order valence-electron chi connectivity index (χ2n) is 6.75. The third-order valence-electron chi connectivity index (χ3n) is 4.43. The van der Waals surface area contributed by atoms with Gasteiger partial charge in [0.1, 0.15) is 5.75 Å². The smallest absolute Gasteiger partial charge is 0.319 e. The van der Waals surface area contributed by atoms with E-state index < -0.39 is 0 Å². The van der Waals surface area contributed by atoms with Crippen LogP contribution in [0.15, 0.2) is 59.1 Å². The van der Waals surface area contributed by atoms with Gasteiger partial charge in [-0.15, -0.1) is 0 Å². The zero-order valence-electron chi connectivity index (χ0n) is 15.4. The van der Waals surface area contributed by atoms with Crippen LogP contribution >= 0.6 is 0 Å². The van der Waals surface area contributed by atoms with Crippen molar-refractivity contribution in [2.45, 2.75) is 31.8 Å². The maximum atomic E-state index is 12.0. The van der Waals surface area contributed by atoms with E-state index in [1.807, 2.05) is 30.3 Å². The van der Waals surface area contributed by atoms with E-state index in [4.69, 9.17) is 9.26 Å². The number of hydrogen-bond donors (Lipinski definition) is 2. The number of carbonyl (C=O) groups excluding carboxylic acids is 1. The number of ether oxygens (including phenoxy) is 1. The molecule has 0 atom stereocenters. The molecule has 3 aromatic rings. The minimum Gasteiger partial charge on any atom is -0.485 e. The third-order valence-corrected chi connectivity index (χ3v) is 4.43. The second-order valence-corrected chi connectivity index (χ2v) is 6.75. The number of hydrogen-bond acceptors (Lipinski definition) is 5. The van der Waals surface area contributed by atoms with Gasteiger partial charge in [-0.2, -0.15) is 4.98 Å². The molecule has 0 aliphatic heterocycles. The van der Waals surface area contributed by atoms with Gasteiger partial charge in [-0.05, 0) is 49.1 Å². The van der Waals surface area contributed by atoms with E-state index in [-0.39, 0.29) is 12.6 Å². The fourth-order valence-electron chi connectivity index (χ4n) is 2.74. The molecule has 2 aromatic carbocycles. The van der Waals surface area contributed by atoms with Crippen LogP contribution in [0.4, 0.5) is 10.5 Å². The molecule has 2 N–H and O–H groups in total. The number of amides is 2. The molecule has 0 radical (unpaired) electrons. The molecular formula is C21H22N4O3. The molecule has 28 heavy (non-hydrogen) atoms. The van der Waals surface area contributed by atoms with Gasteiger partial charge in [-0.25, -0.2) is 4.79 Å². The molecular weight excluding hydrogens is 356 g/mol. The first-order chi connectivity index (χ1) is 13.8. The van der Waals surface area contributed by atoms with Gasteiger partial charge in [0.15, 0.2) is 6.61 Å². The summed E-state index contributed by atoms with van der Waals surface area (Å²) < 4.78 is 10.9. The normalized spacial score (nSPS) is 13.1. The van der Waals surface area contributed by atoms with Crippen molar-refractivity contribution in [3.63, 3.8) is 0 Å². The maximum absolute atomic E-state index is 12.0. The van der Waals surface area contributed by atoms with Crippen molar-refractivity contribution < 1.29 is 14.1 Å². The Morgan fingerprint density at radius 1 is 1.11 bits per heavy atom. The lowest BCUT2D eigenvalue weighted by Gasteiger charge is -2.09. The first kappa shape index (κ1) is 18.0. The van der Waals surface area contributed by atoms with E-state index in [9.17, 15) is 4.79 Å². The zero-order chi connectivity index (χ0) is 19.2. The van der Waals surface area contributed by atoms with E-state index in [2.05, 4.69) is 20.8 Å². The number of carbonyl (C=O) groups is 1. The van der Waals surface area contributed by atoms with Crippen molar-refractivity contribution in [1.82, 2.24) is 15.5 Å². The van der Waals surface area contributed by atoms with Gasteiger partial charge in [0.2, 0.25) is 11.7 Å². The summed E-state index contributed by atoms with van der Waals surface area (Å²) in [4.78, 5) is 16.3. The average Bonchev–Trinajstić information content (AvgIpc) is 3.46. The minimum absolute atomic E-state index is 0.232. The summed E-state index contributed by atoms with van der Waals surface area (Å²) in [6.45, 7) is 0.827. The molecule has 1 aliphatic carbocycles. The summed E-state index contributed by atoms with van der Waals surface area (Å²) >= 11 is 0. The first-order valence-electron chi connectivity index (χ1n) is 9.40. The van der Waals surface area contributed by atoms with Crippen molar-refractivity contribution in [3.8, 4) is 5.75 Å². The molecule has 7 heteroatoms. The predicted octanol–water partition coefficient (Wildman–Crippen LogP) is 3.89. The van der Waals surface area contributed by atoms with Crippen molar-refractivity contribution >= 4 is 11.7 Å². The Bertz CT molecular complexity index is 905. The standard InChI is InChI=1S/C21H22N4O3/c26-21(22-13-12-15-4-2-1-3-5-15)23-17-8-10-18(11-9-17)27-14-19-24-20(28-25-19)16-6-7-16/h1-5,8-11,16H,6-7,12-14H2,(H2,22,23,26). The number of nitrogens with zero attached hydrogens (tertiary/aromatic N) is 2. The Morgan fingerprint density at radius 3 is 2.64 bits per heavy atom. The number of anilines is 1. The molecule has 0 spiro atoms. The van der Waals surface area contributed by atoms with E-state index >= 15 is 0 Å². The van der Waals surface area contributed by atoms with Crippen LogP contribution in [0.25, 0.3) is 0 Å². The molecule has 1 aromatic heterocycles. The van der Waals surface area contributed by atoms with Gasteiger partial charge in [0.05, 0.1) is 0 Å². The monoisotopic (exact) mass is 378 g/mol. The summed E-state index contributed by atoms with van der Waals surface area (Å²) in [6, 6.07) is 17.0. The van der Waals surface area contributed by atoms with Gasteiger partial charge >= 0.3 is 6.03 Å². The third kappa shape index (κ3) is 5.09. The van der Waals surface area contributed by atoms with Crippen LogP contribution in [-0.4, -0.2) is 22.7 Å². The van der Waals surface area contributed by atoms with Gasteiger partial charge in [0, 0.05) is 18.2 Å². The SMILES string of the molecule is O=C(NCCc1ccccc1)Nc1ccc(OCc2noc(C3CC3)n2)cc1. The summed E-state index contributed by atoms with van der Waals surface area (Å²) in [7, 11) is 0. The van der Waals surface area contributed by atoms with E-state index in [0.29, 0.717) is 35.6 Å². The van der Waals surface area contributed by atoms with Crippen molar-refractivity contribution in [1.29, 1.82) is 0 Å². The van der Waals surface area contributed by atoms with Crippen LogP contribution in [0.1, 0.15) is 36.0 Å². The molecule has 7 nitrogen and oxygen atoms in total. The van der Waals surface area contributed by atoms with Crippen LogP contribution < -0.4 is 15.4 Å². The molecule has 4 rings (SSSR count). The van der Waals surface area contributed by atoms with Crippen LogP contribution in [0.2, 0.25) is 0 Å². The number of rotatable bonds is 8. The second kappa shape index (κ2) is 8.56. The molecule has 0 bridgehead atoms. The van der Waals surface area contributed by atoms with E-state index in [1.165, 1.54) is 5.56 Å². The van der Waals surface area contributed by atoms with Gasteiger partial charge in [0.25, 0.3) is 0 Å². The van der Waals surface area contributed by atoms with E-state index in [1.54, 1.807) is 24.3 Å². The lowest BCUT2D eigenvalue weighted by molar-refractivity contribution is 0.252. The first-order valence-corrected chi connectivity index (χ1v) is 9.40. The predicted molar refractivity (Wildman–Crippen MR) is 104 cm³/mol. The Morgan fingerprint density at radius 2 is 1.89 bits per heavy atom. The summed E-state index contributed by atoms with van der Waals surface area (Å²) in [5.74, 6) is 2.36. The van der Waals surface area contributed by atoms with Gasteiger partial charge < -0.3 is 19.9 Å². The fraction of sp³-hybridized carbons (Fsp3) is 0.286. The summed E-state index contributed by atoms with van der Waals surface area (Å²) in [5, 5.41) is 9.58. The highest BCUT2D eigenvalue weighted by Gasteiger charge is 2.29. The number of aromatic nitrogens is 2. The van der Waals surface area contributed by atoms with Crippen molar-refractivity contribution in [2.75, 3.05) is 11.9 Å². The molecule has 1 aliphatic rings. The quantitative estimate of drug-likeness (QED) is 0.621. The molecule has 1 saturated carbocycles. The molecule has 0 unspecified atom stereocenters. The van der Waals surface area contributed by atoms with Crippen molar-refractivity contribution in [2.24, 2.45) is 0 Å². The number of benzene rings is 2. The van der Waals surface area contributed by atoms with Crippen LogP contribution in [-0.2, 0) is 13.0 Å². The molecule has 1 fully saturated rings. The highest BCUT2D eigenvalue weighted by Crippen LogP contribution is 2.38. The highest BCUT2D eigenvalue weighted by atomic mass is 16.5. The number of nitrogens with one attached hydrogen (secondary N) is 2. The highest BCUT2D eigenvalue weighted by molar-refractivity contribution is 5.89. The fourth-order valence-corrected chi connectivity index (χ4v) is 2.74. The molecule has 144 valence electrons. The van der Waals surface area contributed by atoms with Gasteiger partial charge in [-0.1, -0.05) is 35.5 Å². The topological polar surface area (TPSA) is 89.3 Å². The lowest BCUT2D eigenvalue weighted by atomic mass is 10.1. The lowest BCUT2D eigenvalue weighted by Crippen LogP contribution is -2.30. The van der Waals surface area contributed by atoms with Crippen LogP contribution in [0, 0.1) is 0 Å². The molecule has 1 heterocycles. The summed E-state index contributed by atoms with van der Waals surface area (Å²) in [6.07, 6.45) is 3.03. The molecule has 0 saturated heterocycles. The summed E-state index contributed by atoms with van der Waals surface area (Å²) in [5.41, 5.74) is 1.88.